The number of hydrogen-bond acceptors (Lipinski definition) is 1. The third kappa shape index (κ3) is 4.22. The standard InChI is InChI=1S/C28H18F3N/c1-2-3-18-4-6-19(7-5-18)8-9-20-10-12-23-21(14-20)11-13-24(28(23)31)22-15-26(29)25(17-32)27(30)16-22/h4-7,10-16H,2-3H2,1H3. The van der Waals surface area contributed by atoms with Crippen LogP contribution in [0.3, 0.4) is 0 Å². The fourth-order valence-electron chi connectivity index (χ4n) is 3.62. The van der Waals surface area contributed by atoms with E-state index in [4.69, 9.17) is 5.26 Å². The molecule has 0 unspecified atom stereocenters. The van der Waals surface area contributed by atoms with Crippen LogP contribution in [-0.2, 0) is 6.42 Å². The normalized spacial score (nSPS) is 10.5. The number of aryl methyl sites for hydroxylation is 1. The summed E-state index contributed by atoms with van der Waals surface area (Å²) in [6.07, 6.45) is 2.13. The van der Waals surface area contributed by atoms with Gasteiger partial charge < -0.3 is 0 Å². The molecule has 0 atom stereocenters. The van der Waals surface area contributed by atoms with Gasteiger partial charge in [0.25, 0.3) is 0 Å². The third-order valence-corrected chi connectivity index (χ3v) is 5.26. The molecular formula is C28H18F3N. The van der Waals surface area contributed by atoms with E-state index >= 15 is 4.39 Å². The van der Waals surface area contributed by atoms with Crippen molar-refractivity contribution >= 4 is 10.8 Å². The average molecular weight is 425 g/mol. The van der Waals surface area contributed by atoms with Crippen molar-refractivity contribution in [3.63, 3.8) is 0 Å². The Labute approximate surface area is 184 Å². The second-order valence-corrected chi connectivity index (χ2v) is 7.49. The maximum Gasteiger partial charge on any atom is 0.144 e. The Morgan fingerprint density at radius 3 is 2.09 bits per heavy atom. The van der Waals surface area contributed by atoms with Crippen molar-refractivity contribution in [2.45, 2.75) is 19.8 Å². The van der Waals surface area contributed by atoms with Crippen molar-refractivity contribution in [1.82, 2.24) is 0 Å². The smallest absolute Gasteiger partial charge is 0.144 e. The quantitative estimate of drug-likeness (QED) is 0.320. The van der Waals surface area contributed by atoms with E-state index in [-0.39, 0.29) is 11.1 Å². The van der Waals surface area contributed by atoms with E-state index in [1.54, 1.807) is 24.3 Å². The average Bonchev–Trinajstić information content (AvgIpc) is 2.79. The fourth-order valence-corrected chi connectivity index (χ4v) is 3.62. The van der Waals surface area contributed by atoms with Crippen molar-refractivity contribution in [2.24, 2.45) is 0 Å². The molecule has 4 rings (SSSR count). The van der Waals surface area contributed by atoms with Gasteiger partial charge in [0, 0.05) is 22.1 Å². The van der Waals surface area contributed by atoms with Gasteiger partial charge in [0.1, 0.15) is 29.1 Å². The van der Waals surface area contributed by atoms with Gasteiger partial charge in [0.2, 0.25) is 0 Å². The highest BCUT2D eigenvalue weighted by Gasteiger charge is 2.15. The molecule has 0 aliphatic carbocycles. The molecule has 4 aromatic rings. The summed E-state index contributed by atoms with van der Waals surface area (Å²) in [4.78, 5) is 0. The van der Waals surface area contributed by atoms with Crippen molar-refractivity contribution in [2.75, 3.05) is 0 Å². The first kappa shape index (κ1) is 21.2. The molecule has 0 aromatic heterocycles. The molecule has 0 aliphatic heterocycles. The monoisotopic (exact) mass is 425 g/mol. The SMILES string of the molecule is CCCc1ccc(C#Cc2ccc3c(F)c(-c4cc(F)c(C#N)c(F)c4)ccc3c2)cc1. The second-order valence-electron chi connectivity index (χ2n) is 7.49. The zero-order valence-corrected chi connectivity index (χ0v) is 17.3. The molecule has 156 valence electrons. The van der Waals surface area contributed by atoms with E-state index in [9.17, 15) is 8.78 Å². The van der Waals surface area contributed by atoms with Gasteiger partial charge in [0.15, 0.2) is 0 Å². The summed E-state index contributed by atoms with van der Waals surface area (Å²) in [5, 5.41) is 9.77. The number of benzene rings is 4. The first-order valence-corrected chi connectivity index (χ1v) is 10.2. The van der Waals surface area contributed by atoms with Gasteiger partial charge in [0.05, 0.1) is 0 Å². The van der Waals surface area contributed by atoms with E-state index < -0.39 is 23.0 Å². The number of fused-ring (bicyclic) bond motifs is 1. The van der Waals surface area contributed by atoms with Gasteiger partial charge in [-0.25, -0.2) is 13.2 Å². The molecule has 0 saturated heterocycles. The topological polar surface area (TPSA) is 23.8 Å². The minimum atomic E-state index is -1.02. The summed E-state index contributed by atoms with van der Waals surface area (Å²) in [6, 6.07) is 19.8. The van der Waals surface area contributed by atoms with E-state index in [0.29, 0.717) is 10.8 Å². The number of hydrogen-bond donors (Lipinski definition) is 0. The molecule has 0 amide bonds. The molecule has 0 aliphatic rings. The lowest BCUT2D eigenvalue weighted by atomic mass is 9.98. The third-order valence-electron chi connectivity index (χ3n) is 5.26. The minimum absolute atomic E-state index is 0.0359. The lowest BCUT2D eigenvalue weighted by molar-refractivity contribution is 0.577. The van der Waals surface area contributed by atoms with Gasteiger partial charge in [-0.1, -0.05) is 55.5 Å². The van der Waals surface area contributed by atoms with Crippen LogP contribution >= 0.6 is 0 Å². The molecule has 4 heteroatoms. The Morgan fingerprint density at radius 2 is 1.44 bits per heavy atom. The van der Waals surface area contributed by atoms with Gasteiger partial charge in [-0.05, 0) is 59.3 Å². The zero-order valence-electron chi connectivity index (χ0n) is 17.3. The Balaban J connectivity index is 1.67. The summed E-state index contributed by atoms with van der Waals surface area (Å²) in [7, 11) is 0. The van der Waals surface area contributed by atoms with Crippen LogP contribution < -0.4 is 0 Å². The fraction of sp³-hybridized carbons (Fsp3) is 0.107. The van der Waals surface area contributed by atoms with Crippen LogP contribution in [0.5, 0.6) is 0 Å². The lowest BCUT2D eigenvalue weighted by Gasteiger charge is -2.09. The summed E-state index contributed by atoms with van der Waals surface area (Å²) in [5.41, 5.74) is 2.32. The molecule has 1 nitrogen and oxygen atoms in total. The Morgan fingerprint density at radius 1 is 0.781 bits per heavy atom. The summed E-state index contributed by atoms with van der Waals surface area (Å²) >= 11 is 0. The van der Waals surface area contributed by atoms with Crippen molar-refractivity contribution in [3.8, 4) is 29.0 Å². The zero-order chi connectivity index (χ0) is 22.7. The Hall–Kier alpha value is -4.02. The number of halogens is 3. The predicted molar refractivity (Wildman–Crippen MR) is 120 cm³/mol. The van der Waals surface area contributed by atoms with Crippen LogP contribution in [0.15, 0.2) is 66.7 Å². The predicted octanol–water partition coefficient (Wildman–Crippen LogP) is 7.15. The van der Waals surface area contributed by atoms with Gasteiger partial charge >= 0.3 is 0 Å². The van der Waals surface area contributed by atoms with E-state index in [0.717, 1.165) is 36.1 Å². The number of nitriles is 1. The van der Waals surface area contributed by atoms with Crippen LogP contribution in [0, 0.1) is 40.6 Å². The number of nitrogens with zero attached hydrogens (tertiary/aromatic N) is 1. The van der Waals surface area contributed by atoms with E-state index in [2.05, 4.69) is 30.9 Å². The molecule has 0 N–H and O–H groups in total. The molecule has 32 heavy (non-hydrogen) atoms. The van der Waals surface area contributed by atoms with E-state index in [1.807, 2.05) is 12.1 Å². The second kappa shape index (κ2) is 9.00. The minimum Gasteiger partial charge on any atom is -0.206 e. The summed E-state index contributed by atoms with van der Waals surface area (Å²) < 4.78 is 43.1. The molecule has 0 bridgehead atoms. The van der Waals surface area contributed by atoms with Crippen LogP contribution in [0.2, 0.25) is 0 Å². The van der Waals surface area contributed by atoms with Crippen molar-refractivity contribution in [1.29, 1.82) is 5.26 Å². The molecule has 4 aromatic carbocycles. The maximum absolute atomic E-state index is 15.1. The molecule has 0 heterocycles. The van der Waals surface area contributed by atoms with Gasteiger partial charge in [-0.2, -0.15) is 5.26 Å². The highest BCUT2D eigenvalue weighted by molar-refractivity contribution is 5.89. The van der Waals surface area contributed by atoms with Gasteiger partial charge in [-0.15, -0.1) is 0 Å². The first-order valence-electron chi connectivity index (χ1n) is 10.2. The Kier molecular flexibility index (Phi) is 5.97. The molecule has 0 saturated carbocycles. The highest BCUT2D eigenvalue weighted by Crippen LogP contribution is 2.31. The molecule has 0 fully saturated rings. The number of rotatable bonds is 3. The largest absolute Gasteiger partial charge is 0.206 e. The maximum atomic E-state index is 15.1. The Bertz CT molecular complexity index is 1390. The molecular weight excluding hydrogens is 407 g/mol. The summed E-state index contributed by atoms with van der Waals surface area (Å²) in [5.74, 6) is 3.59. The van der Waals surface area contributed by atoms with Crippen LogP contribution in [0.1, 0.15) is 35.6 Å². The van der Waals surface area contributed by atoms with Gasteiger partial charge in [-0.3, -0.25) is 0 Å². The van der Waals surface area contributed by atoms with Crippen LogP contribution in [-0.4, -0.2) is 0 Å². The lowest BCUT2D eigenvalue weighted by Crippen LogP contribution is -1.94. The molecule has 0 spiro atoms. The van der Waals surface area contributed by atoms with E-state index in [1.165, 1.54) is 17.7 Å². The molecule has 0 radical (unpaired) electrons. The van der Waals surface area contributed by atoms with Crippen LogP contribution in [0.4, 0.5) is 13.2 Å². The summed E-state index contributed by atoms with van der Waals surface area (Å²) in [6.45, 7) is 2.14. The van der Waals surface area contributed by atoms with Crippen molar-refractivity contribution < 1.29 is 13.2 Å². The first-order chi connectivity index (χ1) is 15.5. The van der Waals surface area contributed by atoms with Crippen molar-refractivity contribution in [3.05, 3.63) is 106 Å². The van der Waals surface area contributed by atoms with Crippen LogP contribution in [0.25, 0.3) is 21.9 Å². The highest BCUT2D eigenvalue weighted by atomic mass is 19.1.